The van der Waals surface area contributed by atoms with Crippen LogP contribution in [-0.4, -0.2) is 81.8 Å². The van der Waals surface area contributed by atoms with Crippen LogP contribution in [0.4, 0.5) is 0 Å². The Morgan fingerprint density at radius 3 is 2.53 bits per heavy atom. The summed E-state index contributed by atoms with van der Waals surface area (Å²) in [5, 5.41) is 5.53. The molecule has 2 amide bonds. The van der Waals surface area contributed by atoms with Crippen LogP contribution in [0.3, 0.4) is 0 Å². The van der Waals surface area contributed by atoms with Gasteiger partial charge in [0.2, 0.25) is 6.79 Å². The Hall–Kier alpha value is -3.30. The number of carbonyl (C=O) groups excluding carboxylic acids is 2. The predicted molar refractivity (Wildman–Crippen MR) is 127 cm³/mol. The van der Waals surface area contributed by atoms with Crippen LogP contribution in [0, 0.1) is 0 Å². The number of benzene rings is 2. The summed E-state index contributed by atoms with van der Waals surface area (Å²) in [5.74, 6) is 0.911. The molecule has 1 saturated heterocycles. The van der Waals surface area contributed by atoms with E-state index < -0.39 is 11.8 Å². The topological polar surface area (TPSA) is 92.4 Å². The Morgan fingerprint density at radius 1 is 1.00 bits per heavy atom. The highest BCUT2D eigenvalue weighted by Gasteiger charge is 2.27. The van der Waals surface area contributed by atoms with Crippen molar-refractivity contribution in [2.24, 2.45) is 0 Å². The molecule has 182 valence electrons. The van der Waals surface area contributed by atoms with E-state index in [0.717, 1.165) is 48.8 Å². The number of para-hydroxylation sites is 1. The Morgan fingerprint density at radius 2 is 1.74 bits per heavy atom. The van der Waals surface area contributed by atoms with Gasteiger partial charge in [0.25, 0.3) is 0 Å². The second-order valence-electron chi connectivity index (χ2n) is 8.50. The van der Waals surface area contributed by atoms with Crippen LogP contribution in [0.5, 0.6) is 17.2 Å². The van der Waals surface area contributed by atoms with Gasteiger partial charge in [0.1, 0.15) is 5.75 Å². The Labute approximate surface area is 200 Å². The number of rotatable bonds is 8. The van der Waals surface area contributed by atoms with Crippen LogP contribution in [0.2, 0.25) is 0 Å². The Balaban J connectivity index is 1.34. The van der Waals surface area contributed by atoms with Crippen molar-refractivity contribution in [1.82, 2.24) is 20.4 Å². The highest BCUT2D eigenvalue weighted by atomic mass is 16.7. The third-order valence-corrected chi connectivity index (χ3v) is 6.29. The molecule has 2 aliphatic heterocycles. The fourth-order valence-corrected chi connectivity index (χ4v) is 4.28. The van der Waals surface area contributed by atoms with Gasteiger partial charge in [0.05, 0.1) is 13.2 Å². The predicted octanol–water partition coefficient (Wildman–Crippen LogP) is 1.19. The highest BCUT2D eigenvalue weighted by Crippen LogP contribution is 2.35. The number of hydrogen-bond acceptors (Lipinski definition) is 7. The summed E-state index contributed by atoms with van der Waals surface area (Å²) in [4.78, 5) is 29.6. The first-order valence-corrected chi connectivity index (χ1v) is 11.5. The summed E-state index contributed by atoms with van der Waals surface area (Å²) in [7, 11) is 3.71. The number of nitrogens with one attached hydrogen (secondary N) is 2. The zero-order chi connectivity index (χ0) is 23.9. The summed E-state index contributed by atoms with van der Waals surface area (Å²) >= 11 is 0. The van der Waals surface area contributed by atoms with E-state index in [-0.39, 0.29) is 12.8 Å². The molecular weight excluding hydrogens is 436 g/mol. The van der Waals surface area contributed by atoms with E-state index in [2.05, 4.69) is 27.5 Å². The van der Waals surface area contributed by atoms with Gasteiger partial charge >= 0.3 is 11.8 Å². The van der Waals surface area contributed by atoms with E-state index in [4.69, 9.17) is 14.2 Å². The van der Waals surface area contributed by atoms with E-state index in [1.165, 1.54) is 0 Å². The fourth-order valence-electron chi connectivity index (χ4n) is 4.28. The molecule has 2 N–H and O–H groups in total. The zero-order valence-corrected chi connectivity index (χ0v) is 19.7. The number of piperazine rings is 1. The number of carbonyl (C=O) groups is 2. The lowest BCUT2D eigenvalue weighted by Crippen LogP contribution is -2.49. The van der Waals surface area contributed by atoms with Gasteiger partial charge in [0, 0.05) is 39.3 Å². The van der Waals surface area contributed by atoms with Crippen LogP contribution in [0.15, 0.2) is 42.5 Å². The molecule has 0 radical (unpaired) electrons. The number of amides is 2. The molecule has 9 nitrogen and oxygen atoms in total. The summed E-state index contributed by atoms with van der Waals surface area (Å²) in [6.07, 6.45) is 0.574. The van der Waals surface area contributed by atoms with Gasteiger partial charge in [-0.3, -0.25) is 14.5 Å². The van der Waals surface area contributed by atoms with Crippen LogP contribution < -0.4 is 24.8 Å². The average molecular weight is 469 g/mol. The van der Waals surface area contributed by atoms with Crippen molar-refractivity contribution in [2.45, 2.75) is 12.5 Å². The summed E-state index contributed by atoms with van der Waals surface area (Å²) in [6.45, 7) is 4.51. The van der Waals surface area contributed by atoms with Gasteiger partial charge in [-0.05, 0) is 42.8 Å². The molecule has 0 saturated carbocycles. The first-order chi connectivity index (χ1) is 16.5. The first kappa shape index (κ1) is 23.8. The number of nitrogens with zero attached hydrogens (tertiary/aromatic N) is 2. The number of likely N-dealkylation sites (N-methyl/N-ethyl adjacent to an activating group) is 1. The molecule has 2 aliphatic rings. The van der Waals surface area contributed by atoms with Crippen molar-refractivity contribution in [2.75, 3.05) is 60.2 Å². The lowest BCUT2D eigenvalue weighted by molar-refractivity contribution is -0.139. The van der Waals surface area contributed by atoms with Crippen LogP contribution in [0.25, 0.3) is 0 Å². The molecule has 9 heteroatoms. The van der Waals surface area contributed by atoms with E-state index >= 15 is 0 Å². The summed E-state index contributed by atoms with van der Waals surface area (Å²) < 4.78 is 16.3. The first-order valence-electron chi connectivity index (χ1n) is 11.5. The fraction of sp³-hybridized carbons (Fsp3) is 0.440. The molecule has 0 spiro atoms. The average Bonchev–Trinajstić information content (AvgIpc) is 3.33. The third-order valence-electron chi connectivity index (χ3n) is 6.29. The van der Waals surface area contributed by atoms with E-state index in [1.54, 1.807) is 7.11 Å². The Bertz CT molecular complexity index is 1010. The van der Waals surface area contributed by atoms with Crippen molar-refractivity contribution in [1.29, 1.82) is 0 Å². The van der Waals surface area contributed by atoms with E-state index in [1.807, 2.05) is 42.5 Å². The maximum absolute atomic E-state index is 12.5. The minimum atomic E-state index is -0.641. The quantitative estimate of drug-likeness (QED) is 0.562. The molecule has 4 rings (SSSR count). The van der Waals surface area contributed by atoms with Gasteiger partial charge in [-0.15, -0.1) is 0 Å². The van der Waals surface area contributed by atoms with Crippen molar-refractivity contribution in [3.63, 3.8) is 0 Å². The van der Waals surface area contributed by atoms with Gasteiger partial charge < -0.3 is 29.7 Å². The molecular formula is C25H32N4O5. The molecule has 0 bridgehead atoms. The van der Waals surface area contributed by atoms with Crippen molar-refractivity contribution in [3.8, 4) is 17.2 Å². The SMILES string of the molecule is COc1ccccc1CCNC(=O)C(=O)NC[C@H](c1ccc2c(c1)OCO2)N1CCN(C)CC1. The summed E-state index contributed by atoms with van der Waals surface area (Å²) in [6, 6.07) is 13.4. The maximum atomic E-state index is 12.5. The molecule has 0 aromatic heterocycles. The second kappa shape index (κ2) is 11.2. The van der Waals surface area contributed by atoms with Gasteiger partial charge in [-0.1, -0.05) is 24.3 Å². The summed E-state index contributed by atoms with van der Waals surface area (Å²) in [5.41, 5.74) is 1.99. The van der Waals surface area contributed by atoms with Crippen molar-refractivity contribution < 1.29 is 23.8 Å². The zero-order valence-electron chi connectivity index (χ0n) is 19.7. The maximum Gasteiger partial charge on any atom is 0.309 e. The molecule has 1 atom stereocenters. The number of ether oxygens (including phenoxy) is 3. The molecule has 2 aromatic carbocycles. The Kier molecular flexibility index (Phi) is 7.87. The normalized spacial score (nSPS) is 16.6. The van der Waals surface area contributed by atoms with Crippen molar-refractivity contribution >= 4 is 11.8 Å². The van der Waals surface area contributed by atoms with Crippen molar-refractivity contribution in [3.05, 3.63) is 53.6 Å². The molecule has 2 heterocycles. The lowest BCUT2D eigenvalue weighted by atomic mass is 10.0. The minimum absolute atomic E-state index is 0.0754. The highest BCUT2D eigenvalue weighted by molar-refractivity contribution is 6.35. The number of hydrogen-bond donors (Lipinski definition) is 2. The van der Waals surface area contributed by atoms with Gasteiger partial charge in [0.15, 0.2) is 11.5 Å². The molecule has 34 heavy (non-hydrogen) atoms. The molecule has 2 aromatic rings. The lowest BCUT2D eigenvalue weighted by Gasteiger charge is -2.38. The van der Waals surface area contributed by atoms with Crippen LogP contribution in [0.1, 0.15) is 17.2 Å². The largest absolute Gasteiger partial charge is 0.496 e. The standard InChI is InChI=1S/C25H32N4O5/c1-28-11-13-29(14-12-28)20(19-7-8-22-23(15-19)34-17-33-22)16-27-25(31)24(30)26-10-9-18-5-3-4-6-21(18)32-2/h3-8,15,20H,9-14,16-17H2,1-2H3,(H,26,30)(H,27,31)/t20-/m1/s1. The number of fused-ring (bicyclic) bond motifs is 1. The molecule has 1 fully saturated rings. The van der Waals surface area contributed by atoms with E-state index in [0.29, 0.717) is 25.3 Å². The molecule has 0 aliphatic carbocycles. The second-order valence-corrected chi connectivity index (χ2v) is 8.50. The molecule has 0 unspecified atom stereocenters. The van der Waals surface area contributed by atoms with Gasteiger partial charge in [-0.2, -0.15) is 0 Å². The van der Waals surface area contributed by atoms with E-state index in [9.17, 15) is 9.59 Å². The third kappa shape index (κ3) is 5.78. The number of methoxy groups -OCH3 is 1. The monoisotopic (exact) mass is 468 g/mol. The smallest absolute Gasteiger partial charge is 0.309 e. The van der Waals surface area contributed by atoms with Crippen LogP contribution in [-0.2, 0) is 16.0 Å². The van der Waals surface area contributed by atoms with Gasteiger partial charge in [-0.25, -0.2) is 0 Å². The minimum Gasteiger partial charge on any atom is -0.496 e. The van der Waals surface area contributed by atoms with Crippen LogP contribution >= 0.6 is 0 Å².